The molecule has 1 fully saturated rings. The van der Waals surface area contributed by atoms with Crippen molar-refractivity contribution >= 4 is 5.91 Å². The summed E-state index contributed by atoms with van der Waals surface area (Å²) < 4.78 is 0. The highest BCUT2D eigenvalue weighted by Crippen LogP contribution is 2.13. The van der Waals surface area contributed by atoms with Gasteiger partial charge in [-0.1, -0.05) is 24.3 Å². The number of aromatic amines is 2. The van der Waals surface area contributed by atoms with E-state index >= 15 is 0 Å². The Morgan fingerprint density at radius 3 is 2.58 bits per heavy atom. The number of rotatable bonds is 5. The van der Waals surface area contributed by atoms with Gasteiger partial charge in [0.05, 0.1) is 0 Å². The molecule has 1 aliphatic heterocycles. The van der Waals surface area contributed by atoms with Crippen LogP contribution in [0.5, 0.6) is 0 Å². The second-order valence-corrected chi connectivity index (χ2v) is 5.99. The molecular formula is C17H20N4O3. The van der Waals surface area contributed by atoms with Crippen molar-refractivity contribution in [2.45, 2.75) is 25.9 Å². The smallest absolute Gasteiger partial charge is 0.326 e. The van der Waals surface area contributed by atoms with Crippen LogP contribution < -0.4 is 16.6 Å². The van der Waals surface area contributed by atoms with Gasteiger partial charge >= 0.3 is 5.69 Å². The second kappa shape index (κ2) is 7.27. The Balaban J connectivity index is 1.62. The summed E-state index contributed by atoms with van der Waals surface area (Å²) in [4.78, 5) is 41.2. The van der Waals surface area contributed by atoms with Gasteiger partial charge in [-0.15, -0.1) is 0 Å². The summed E-state index contributed by atoms with van der Waals surface area (Å²) in [6, 6.07) is 9.13. The van der Waals surface area contributed by atoms with Crippen molar-refractivity contribution in [1.82, 2.24) is 20.2 Å². The number of hydrogen-bond acceptors (Lipinski definition) is 4. The number of carbonyl (C=O) groups excluding carboxylic acids is 1. The molecule has 1 aromatic heterocycles. The molecule has 3 N–H and O–H groups in total. The van der Waals surface area contributed by atoms with E-state index < -0.39 is 17.2 Å². The van der Waals surface area contributed by atoms with Crippen molar-refractivity contribution < 1.29 is 4.79 Å². The Hall–Kier alpha value is -2.67. The van der Waals surface area contributed by atoms with Crippen LogP contribution in [-0.2, 0) is 13.1 Å². The molecule has 0 unspecified atom stereocenters. The summed E-state index contributed by atoms with van der Waals surface area (Å²) in [5, 5.41) is 2.72. The summed E-state index contributed by atoms with van der Waals surface area (Å²) in [6.45, 7) is 3.53. The van der Waals surface area contributed by atoms with E-state index in [1.807, 2.05) is 17.1 Å². The van der Waals surface area contributed by atoms with Gasteiger partial charge in [-0.05, 0) is 37.1 Å². The largest absolute Gasteiger partial charge is 0.347 e. The third kappa shape index (κ3) is 4.20. The molecule has 1 aliphatic rings. The molecule has 2 heterocycles. The van der Waals surface area contributed by atoms with Gasteiger partial charge in [0.2, 0.25) is 0 Å². The average Bonchev–Trinajstić information content (AvgIpc) is 3.05. The highest BCUT2D eigenvalue weighted by molar-refractivity contribution is 5.91. The van der Waals surface area contributed by atoms with Crippen LogP contribution in [0.2, 0.25) is 0 Å². The lowest BCUT2D eigenvalue weighted by molar-refractivity contribution is 0.0945. The van der Waals surface area contributed by atoms with Crippen LogP contribution in [-0.4, -0.2) is 33.9 Å². The summed E-state index contributed by atoms with van der Waals surface area (Å²) in [6.07, 6.45) is 2.51. The zero-order valence-corrected chi connectivity index (χ0v) is 13.3. The molecule has 0 saturated carbocycles. The van der Waals surface area contributed by atoms with E-state index in [9.17, 15) is 14.4 Å². The van der Waals surface area contributed by atoms with Crippen molar-refractivity contribution in [1.29, 1.82) is 0 Å². The quantitative estimate of drug-likeness (QED) is 0.748. The highest BCUT2D eigenvalue weighted by Gasteiger charge is 2.12. The highest BCUT2D eigenvalue weighted by atomic mass is 16.2. The van der Waals surface area contributed by atoms with Crippen molar-refractivity contribution in [2.75, 3.05) is 13.1 Å². The van der Waals surface area contributed by atoms with Gasteiger partial charge in [-0.2, -0.15) is 0 Å². The maximum absolute atomic E-state index is 12.0. The van der Waals surface area contributed by atoms with Crippen LogP contribution in [0.25, 0.3) is 0 Å². The molecule has 7 heteroatoms. The van der Waals surface area contributed by atoms with E-state index in [2.05, 4.69) is 27.3 Å². The van der Waals surface area contributed by atoms with Gasteiger partial charge in [0.15, 0.2) is 0 Å². The van der Waals surface area contributed by atoms with Crippen LogP contribution in [0.4, 0.5) is 0 Å². The minimum atomic E-state index is -0.694. The van der Waals surface area contributed by atoms with E-state index in [0.717, 1.165) is 31.3 Å². The van der Waals surface area contributed by atoms with Crippen molar-refractivity contribution in [3.63, 3.8) is 0 Å². The van der Waals surface area contributed by atoms with Crippen LogP contribution in [0.1, 0.15) is 34.5 Å². The topological polar surface area (TPSA) is 98.1 Å². The van der Waals surface area contributed by atoms with Gasteiger partial charge in [0.1, 0.15) is 5.69 Å². The third-order valence-corrected chi connectivity index (χ3v) is 4.05. The summed E-state index contributed by atoms with van der Waals surface area (Å²) >= 11 is 0. The Bertz CT molecular complexity index is 806. The van der Waals surface area contributed by atoms with Crippen LogP contribution in [0.15, 0.2) is 39.9 Å². The molecule has 2 aromatic rings. The molecule has 3 rings (SSSR count). The van der Waals surface area contributed by atoms with E-state index in [-0.39, 0.29) is 5.69 Å². The Labute approximate surface area is 138 Å². The van der Waals surface area contributed by atoms with E-state index in [1.54, 1.807) is 0 Å². The van der Waals surface area contributed by atoms with Gasteiger partial charge < -0.3 is 10.3 Å². The molecule has 24 heavy (non-hydrogen) atoms. The number of H-pyrrole nitrogens is 2. The number of hydrogen-bond donors (Lipinski definition) is 3. The second-order valence-electron chi connectivity index (χ2n) is 5.99. The number of benzene rings is 1. The van der Waals surface area contributed by atoms with E-state index in [0.29, 0.717) is 6.54 Å². The van der Waals surface area contributed by atoms with Crippen LogP contribution >= 0.6 is 0 Å². The van der Waals surface area contributed by atoms with Crippen LogP contribution in [0, 0.1) is 0 Å². The van der Waals surface area contributed by atoms with Crippen molar-refractivity contribution in [2.24, 2.45) is 0 Å². The molecule has 1 aromatic carbocycles. The zero-order chi connectivity index (χ0) is 16.9. The molecular weight excluding hydrogens is 308 g/mol. The first-order valence-electron chi connectivity index (χ1n) is 8.02. The Morgan fingerprint density at radius 2 is 1.83 bits per heavy atom. The van der Waals surface area contributed by atoms with Gasteiger partial charge in [0.25, 0.3) is 11.5 Å². The van der Waals surface area contributed by atoms with Gasteiger partial charge in [-0.25, -0.2) is 4.79 Å². The number of likely N-dealkylation sites (tertiary alicyclic amines) is 1. The number of nitrogens with zero attached hydrogens (tertiary/aromatic N) is 1. The number of aromatic nitrogens is 2. The number of carbonyl (C=O) groups is 1. The molecule has 0 atom stereocenters. The predicted molar refractivity (Wildman–Crippen MR) is 89.8 cm³/mol. The first kappa shape index (κ1) is 16.2. The molecule has 0 spiro atoms. The lowest BCUT2D eigenvalue weighted by Gasteiger charge is -2.15. The fourth-order valence-corrected chi connectivity index (χ4v) is 2.91. The van der Waals surface area contributed by atoms with Gasteiger partial charge in [-0.3, -0.25) is 19.5 Å². The Morgan fingerprint density at radius 1 is 1.08 bits per heavy atom. The fraction of sp³-hybridized carbons (Fsp3) is 0.353. The maximum Gasteiger partial charge on any atom is 0.326 e. The minimum absolute atomic E-state index is 0.0445. The molecule has 0 radical (unpaired) electrons. The SMILES string of the molecule is O=C(NCc1cccc(CN2CCCC2)c1)c1cc(=O)[nH]c(=O)[nH]1. The minimum Gasteiger partial charge on any atom is -0.347 e. The molecule has 1 saturated heterocycles. The summed E-state index contributed by atoms with van der Waals surface area (Å²) in [5.41, 5.74) is 0.856. The molecule has 0 bridgehead atoms. The first-order chi connectivity index (χ1) is 11.6. The standard InChI is InChI=1S/C17H20N4O3/c22-15-9-14(19-17(24)20-15)16(23)18-10-12-4-3-5-13(8-12)11-21-6-1-2-7-21/h3-5,8-9H,1-2,6-7,10-11H2,(H,18,23)(H2,19,20,22,24). The molecule has 0 aliphatic carbocycles. The fourth-order valence-electron chi connectivity index (χ4n) is 2.91. The summed E-state index contributed by atoms with van der Waals surface area (Å²) in [5.74, 6) is -0.483. The zero-order valence-electron chi connectivity index (χ0n) is 13.3. The molecule has 126 valence electrons. The normalized spacial score (nSPS) is 14.7. The average molecular weight is 328 g/mol. The monoisotopic (exact) mass is 328 g/mol. The van der Waals surface area contributed by atoms with Crippen molar-refractivity contribution in [3.8, 4) is 0 Å². The number of nitrogens with one attached hydrogen (secondary N) is 3. The molecule has 1 amide bonds. The van der Waals surface area contributed by atoms with Crippen LogP contribution in [0.3, 0.4) is 0 Å². The van der Waals surface area contributed by atoms with E-state index in [1.165, 1.54) is 18.4 Å². The Kier molecular flexibility index (Phi) is 4.90. The number of amides is 1. The van der Waals surface area contributed by atoms with Gasteiger partial charge in [0, 0.05) is 19.2 Å². The lowest BCUT2D eigenvalue weighted by Crippen LogP contribution is -2.30. The summed E-state index contributed by atoms with van der Waals surface area (Å²) in [7, 11) is 0. The third-order valence-electron chi connectivity index (χ3n) is 4.05. The lowest BCUT2D eigenvalue weighted by atomic mass is 10.1. The predicted octanol–water partition coefficient (Wildman–Crippen LogP) is 0.589. The van der Waals surface area contributed by atoms with Crippen molar-refractivity contribution in [3.05, 3.63) is 68.0 Å². The van der Waals surface area contributed by atoms with E-state index in [4.69, 9.17) is 0 Å². The first-order valence-corrected chi connectivity index (χ1v) is 8.02. The molecule has 7 nitrogen and oxygen atoms in total. The maximum atomic E-state index is 12.0.